The van der Waals surface area contributed by atoms with Crippen molar-refractivity contribution in [2.24, 2.45) is 17.8 Å². The van der Waals surface area contributed by atoms with Gasteiger partial charge in [0.1, 0.15) is 5.75 Å². The molecule has 1 aromatic carbocycles. The Morgan fingerprint density at radius 3 is 3.00 bits per heavy atom. The van der Waals surface area contributed by atoms with Crippen LogP contribution in [0, 0.1) is 17.8 Å². The quantitative estimate of drug-likeness (QED) is 0.868. The molecule has 20 heavy (non-hydrogen) atoms. The summed E-state index contributed by atoms with van der Waals surface area (Å²) < 4.78 is 5.29. The molecule has 0 bridgehead atoms. The van der Waals surface area contributed by atoms with Gasteiger partial charge in [-0.25, -0.2) is 0 Å². The molecule has 0 amide bonds. The van der Waals surface area contributed by atoms with Crippen molar-refractivity contribution in [2.75, 3.05) is 13.7 Å². The molecule has 2 fully saturated rings. The fraction of sp³-hybridized carbons (Fsp3) is 0.647. The fourth-order valence-corrected chi connectivity index (χ4v) is 4.78. The lowest BCUT2D eigenvalue weighted by Gasteiger charge is -2.27. The Morgan fingerprint density at radius 2 is 2.15 bits per heavy atom. The Bertz CT molecular complexity index is 516. The lowest BCUT2D eigenvalue weighted by atomic mass is 9.83. The normalized spacial score (nSPS) is 38.8. The van der Waals surface area contributed by atoms with Gasteiger partial charge in [-0.15, -0.1) is 0 Å². The first-order valence-electron chi connectivity index (χ1n) is 7.86. The van der Waals surface area contributed by atoms with Gasteiger partial charge >= 0.3 is 0 Å². The van der Waals surface area contributed by atoms with E-state index in [9.17, 15) is 5.11 Å². The van der Waals surface area contributed by atoms with E-state index in [2.05, 4.69) is 11.4 Å². The second-order valence-corrected chi connectivity index (χ2v) is 6.67. The van der Waals surface area contributed by atoms with Crippen molar-refractivity contribution in [2.45, 2.75) is 37.8 Å². The van der Waals surface area contributed by atoms with Gasteiger partial charge in [-0.2, -0.15) is 0 Å². The molecule has 4 rings (SSSR count). The maximum atomic E-state index is 10.7. The zero-order valence-electron chi connectivity index (χ0n) is 12.0. The second-order valence-electron chi connectivity index (χ2n) is 6.67. The van der Waals surface area contributed by atoms with Crippen LogP contribution in [0.4, 0.5) is 0 Å². The van der Waals surface area contributed by atoms with Crippen LogP contribution in [0.3, 0.4) is 0 Å². The van der Waals surface area contributed by atoms with Crippen LogP contribution in [0.2, 0.25) is 0 Å². The number of aliphatic hydroxyl groups excluding tert-OH is 1. The zero-order chi connectivity index (χ0) is 13.7. The second kappa shape index (κ2) is 4.74. The molecular weight excluding hydrogens is 250 g/mol. The standard InChI is InChI=1S/C17H23NO2/c1-20-12-6-5-10-7-15(17(19)14(10)8-12)16-13-4-2-3-11(13)9-18-16/h5-6,8,11,13,15-19H,2-4,7,9H2,1H3. The molecule has 108 valence electrons. The Hall–Kier alpha value is -1.06. The van der Waals surface area contributed by atoms with E-state index in [4.69, 9.17) is 4.74 Å². The van der Waals surface area contributed by atoms with Crippen molar-refractivity contribution in [1.82, 2.24) is 5.32 Å². The third kappa shape index (κ3) is 1.80. The molecule has 1 heterocycles. The van der Waals surface area contributed by atoms with Gasteiger partial charge in [0.2, 0.25) is 0 Å². The van der Waals surface area contributed by atoms with E-state index in [1.165, 1.54) is 24.8 Å². The molecule has 1 aliphatic heterocycles. The largest absolute Gasteiger partial charge is 0.497 e. The summed E-state index contributed by atoms with van der Waals surface area (Å²) in [5.41, 5.74) is 2.38. The number of methoxy groups -OCH3 is 1. The Kier molecular flexibility index (Phi) is 3.00. The van der Waals surface area contributed by atoms with E-state index < -0.39 is 0 Å². The number of fused-ring (bicyclic) bond motifs is 2. The van der Waals surface area contributed by atoms with Crippen LogP contribution in [0.1, 0.15) is 36.5 Å². The van der Waals surface area contributed by atoms with Gasteiger partial charge in [-0.1, -0.05) is 12.5 Å². The number of ether oxygens (including phenoxy) is 1. The van der Waals surface area contributed by atoms with E-state index in [-0.39, 0.29) is 6.10 Å². The summed E-state index contributed by atoms with van der Waals surface area (Å²) in [6.45, 7) is 1.15. The predicted molar refractivity (Wildman–Crippen MR) is 77.8 cm³/mol. The minimum absolute atomic E-state index is 0.336. The molecule has 2 aliphatic carbocycles. The first-order valence-corrected chi connectivity index (χ1v) is 7.86. The van der Waals surface area contributed by atoms with Gasteiger partial charge < -0.3 is 15.2 Å². The van der Waals surface area contributed by atoms with Crippen LogP contribution in [-0.4, -0.2) is 24.8 Å². The SMILES string of the molecule is COc1ccc2c(c1)C(O)C(C1NCC3CCCC31)C2. The Morgan fingerprint density at radius 1 is 1.25 bits per heavy atom. The molecule has 5 atom stereocenters. The van der Waals surface area contributed by atoms with E-state index in [1.54, 1.807) is 7.11 Å². The summed E-state index contributed by atoms with van der Waals surface area (Å²) in [4.78, 5) is 0. The lowest BCUT2D eigenvalue weighted by molar-refractivity contribution is 0.0903. The molecular formula is C17H23NO2. The van der Waals surface area contributed by atoms with Gasteiger partial charge in [-0.05, 0) is 60.9 Å². The third-order valence-electron chi connectivity index (χ3n) is 5.79. The summed E-state index contributed by atoms with van der Waals surface area (Å²) in [6.07, 6.45) is 4.75. The smallest absolute Gasteiger partial charge is 0.119 e. The topological polar surface area (TPSA) is 41.5 Å². The minimum atomic E-state index is -0.336. The molecule has 0 spiro atoms. The summed E-state index contributed by atoms with van der Waals surface area (Å²) in [5, 5.41) is 14.4. The molecule has 1 saturated heterocycles. The molecule has 5 unspecified atom stereocenters. The van der Waals surface area contributed by atoms with Gasteiger partial charge in [0.15, 0.2) is 0 Å². The molecule has 0 radical (unpaired) electrons. The Balaban J connectivity index is 1.60. The molecule has 1 aromatic rings. The van der Waals surface area contributed by atoms with E-state index in [0.29, 0.717) is 12.0 Å². The van der Waals surface area contributed by atoms with E-state index >= 15 is 0 Å². The number of benzene rings is 1. The third-order valence-corrected chi connectivity index (χ3v) is 5.79. The van der Waals surface area contributed by atoms with Crippen LogP contribution in [-0.2, 0) is 6.42 Å². The van der Waals surface area contributed by atoms with E-state index in [1.807, 2.05) is 12.1 Å². The molecule has 3 heteroatoms. The fourth-order valence-electron chi connectivity index (χ4n) is 4.78. The van der Waals surface area contributed by atoms with E-state index in [0.717, 1.165) is 36.1 Å². The van der Waals surface area contributed by atoms with Crippen molar-refractivity contribution in [3.8, 4) is 5.75 Å². The monoisotopic (exact) mass is 273 g/mol. The Labute approximate surface area is 120 Å². The van der Waals surface area contributed by atoms with Crippen LogP contribution in [0.5, 0.6) is 5.75 Å². The van der Waals surface area contributed by atoms with Gasteiger partial charge in [0.25, 0.3) is 0 Å². The molecule has 0 aromatic heterocycles. The highest BCUT2D eigenvalue weighted by Gasteiger charge is 2.46. The summed E-state index contributed by atoms with van der Waals surface area (Å²) >= 11 is 0. The van der Waals surface area contributed by atoms with Crippen molar-refractivity contribution < 1.29 is 9.84 Å². The predicted octanol–water partition coefficient (Wildman–Crippen LogP) is 2.29. The van der Waals surface area contributed by atoms with Crippen molar-refractivity contribution in [3.05, 3.63) is 29.3 Å². The van der Waals surface area contributed by atoms with Crippen LogP contribution >= 0.6 is 0 Å². The van der Waals surface area contributed by atoms with Crippen molar-refractivity contribution >= 4 is 0 Å². The highest BCUT2D eigenvalue weighted by molar-refractivity contribution is 5.41. The summed E-state index contributed by atoms with van der Waals surface area (Å²) in [5.74, 6) is 2.82. The lowest BCUT2D eigenvalue weighted by Crippen LogP contribution is -2.37. The van der Waals surface area contributed by atoms with Gasteiger partial charge in [-0.3, -0.25) is 0 Å². The number of hydrogen-bond acceptors (Lipinski definition) is 3. The van der Waals surface area contributed by atoms with Crippen molar-refractivity contribution in [1.29, 1.82) is 0 Å². The molecule has 2 N–H and O–H groups in total. The average molecular weight is 273 g/mol. The summed E-state index contributed by atoms with van der Waals surface area (Å²) in [7, 11) is 1.68. The molecule has 3 aliphatic rings. The van der Waals surface area contributed by atoms with Crippen molar-refractivity contribution in [3.63, 3.8) is 0 Å². The first-order chi connectivity index (χ1) is 9.78. The molecule has 1 saturated carbocycles. The number of rotatable bonds is 2. The first kappa shape index (κ1) is 12.7. The highest BCUT2D eigenvalue weighted by atomic mass is 16.5. The van der Waals surface area contributed by atoms with Crippen LogP contribution in [0.15, 0.2) is 18.2 Å². The summed E-state index contributed by atoms with van der Waals surface area (Å²) in [6, 6.07) is 6.64. The maximum absolute atomic E-state index is 10.7. The molecule has 3 nitrogen and oxygen atoms in total. The average Bonchev–Trinajstić information content (AvgIpc) is 3.13. The highest BCUT2D eigenvalue weighted by Crippen LogP contribution is 2.47. The van der Waals surface area contributed by atoms with Crippen LogP contribution in [0.25, 0.3) is 0 Å². The number of hydrogen-bond donors (Lipinski definition) is 2. The zero-order valence-corrected chi connectivity index (χ0v) is 12.0. The minimum Gasteiger partial charge on any atom is -0.497 e. The number of nitrogens with one attached hydrogen (secondary N) is 1. The van der Waals surface area contributed by atoms with Gasteiger partial charge in [0.05, 0.1) is 13.2 Å². The maximum Gasteiger partial charge on any atom is 0.119 e. The number of aliphatic hydroxyl groups is 1. The van der Waals surface area contributed by atoms with Gasteiger partial charge in [0, 0.05) is 12.0 Å². The van der Waals surface area contributed by atoms with Crippen LogP contribution < -0.4 is 10.1 Å².